The zero-order valence-corrected chi connectivity index (χ0v) is 13.9. The maximum Gasteiger partial charge on any atom is 0.119 e. The van der Waals surface area contributed by atoms with Crippen LogP contribution in [0.5, 0.6) is 5.75 Å². The second-order valence-corrected chi connectivity index (χ2v) is 6.57. The van der Waals surface area contributed by atoms with Gasteiger partial charge in [-0.2, -0.15) is 0 Å². The molecule has 2 N–H and O–H groups in total. The molecule has 5 heteroatoms. The standard InChI is InChI=1S/C15H23BrN2O2/c1-15(2)10-18(6-7-20-15)14(9-17)12-8-11(19-3)4-5-13(12)16/h4-5,8,14H,6-7,9-10,17H2,1-3H3. The first-order valence-electron chi connectivity index (χ1n) is 6.88. The Morgan fingerprint density at radius 1 is 1.50 bits per heavy atom. The van der Waals surface area contributed by atoms with Crippen molar-refractivity contribution in [1.29, 1.82) is 0 Å². The highest BCUT2D eigenvalue weighted by atomic mass is 79.9. The van der Waals surface area contributed by atoms with E-state index in [1.807, 2.05) is 12.1 Å². The van der Waals surface area contributed by atoms with Crippen molar-refractivity contribution in [3.8, 4) is 5.75 Å². The molecule has 112 valence electrons. The Labute approximate surface area is 129 Å². The summed E-state index contributed by atoms with van der Waals surface area (Å²) in [6.07, 6.45) is 0. The van der Waals surface area contributed by atoms with E-state index in [4.69, 9.17) is 15.2 Å². The Morgan fingerprint density at radius 2 is 2.25 bits per heavy atom. The van der Waals surface area contributed by atoms with Gasteiger partial charge in [-0.3, -0.25) is 4.90 Å². The van der Waals surface area contributed by atoms with E-state index in [-0.39, 0.29) is 11.6 Å². The molecule has 20 heavy (non-hydrogen) atoms. The fraction of sp³-hybridized carbons (Fsp3) is 0.600. The highest BCUT2D eigenvalue weighted by Gasteiger charge is 2.32. The largest absolute Gasteiger partial charge is 0.497 e. The SMILES string of the molecule is COc1ccc(Br)c(C(CN)N2CCOC(C)(C)C2)c1. The van der Waals surface area contributed by atoms with Crippen LogP contribution in [0.3, 0.4) is 0 Å². The summed E-state index contributed by atoms with van der Waals surface area (Å²) in [5.74, 6) is 0.856. The molecule has 1 fully saturated rings. The molecule has 0 aliphatic carbocycles. The lowest BCUT2D eigenvalue weighted by Gasteiger charge is -2.42. The van der Waals surface area contributed by atoms with Crippen LogP contribution < -0.4 is 10.5 Å². The Hall–Kier alpha value is -0.620. The van der Waals surface area contributed by atoms with Gasteiger partial charge in [0.2, 0.25) is 0 Å². The molecule has 4 nitrogen and oxygen atoms in total. The predicted molar refractivity (Wildman–Crippen MR) is 84.1 cm³/mol. The molecule has 1 unspecified atom stereocenters. The van der Waals surface area contributed by atoms with Crippen LogP contribution in [0.15, 0.2) is 22.7 Å². The lowest BCUT2D eigenvalue weighted by atomic mass is 10.0. The molecule has 1 saturated heterocycles. The third-order valence-corrected chi connectivity index (χ3v) is 4.40. The van der Waals surface area contributed by atoms with Crippen molar-refractivity contribution in [2.45, 2.75) is 25.5 Å². The normalized spacial score (nSPS) is 20.6. The van der Waals surface area contributed by atoms with Gasteiger partial charge in [-0.15, -0.1) is 0 Å². The summed E-state index contributed by atoms with van der Waals surface area (Å²) in [6, 6.07) is 6.19. The van der Waals surface area contributed by atoms with Crippen molar-refractivity contribution in [1.82, 2.24) is 4.90 Å². The van der Waals surface area contributed by atoms with Gasteiger partial charge >= 0.3 is 0 Å². The van der Waals surface area contributed by atoms with Gasteiger partial charge in [0.25, 0.3) is 0 Å². The summed E-state index contributed by atoms with van der Waals surface area (Å²) in [6.45, 7) is 7.32. The van der Waals surface area contributed by atoms with Crippen molar-refractivity contribution >= 4 is 15.9 Å². The molecule has 1 aliphatic rings. The summed E-state index contributed by atoms with van der Waals surface area (Å²) in [4.78, 5) is 2.39. The Kier molecular flexibility index (Phi) is 5.07. The van der Waals surface area contributed by atoms with Crippen molar-refractivity contribution in [3.63, 3.8) is 0 Å². The van der Waals surface area contributed by atoms with Gasteiger partial charge in [-0.1, -0.05) is 15.9 Å². The summed E-state index contributed by atoms with van der Waals surface area (Å²) in [5.41, 5.74) is 7.08. The number of halogens is 1. The van der Waals surface area contributed by atoms with Crippen LogP contribution in [0.1, 0.15) is 25.5 Å². The topological polar surface area (TPSA) is 47.7 Å². The first-order valence-corrected chi connectivity index (χ1v) is 7.67. The smallest absolute Gasteiger partial charge is 0.119 e. The number of nitrogens with zero attached hydrogens (tertiary/aromatic N) is 1. The highest BCUT2D eigenvalue weighted by molar-refractivity contribution is 9.10. The fourth-order valence-corrected chi connectivity index (χ4v) is 3.21. The molecular weight excluding hydrogens is 320 g/mol. The summed E-state index contributed by atoms with van der Waals surface area (Å²) in [5, 5.41) is 0. The lowest BCUT2D eigenvalue weighted by Crippen LogP contribution is -2.50. The van der Waals surface area contributed by atoms with E-state index in [0.29, 0.717) is 6.54 Å². The Morgan fingerprint density at radius 3 is 2.85 bits per heavy atom. The van der Waals surface area contributed by atoms with Crippen molar-refractivity contribution in [3.05, 3.63) is 28.2 Å². The molecule has 1 aliphatic heterocycles. The molecule has 0 radical (unpaired) electrons. The number of morpholine rings is 1. The van der Waals surface area contributed by atoms with Gasteiger partial charge in [-0.05, 0) is 37.6 Å². The molecule has 0 saturated carbocycles. The number of methoxy groups -OCH3 is 1. The number of rotatable bonds is 4. The maximum atomic E-state index is 6.04. The molecule has 1 atom stereocenters. The maximum absolute atomic E-state index is 6.04. The molecule has 2 rings (SSSR count). The van der Waals surface area contributed by atoms with E-state index in [9.17, 15) is 0 Å². The van der Waals surface area contributed by atoms with E-state index in [1.54, 1.807) is 7.11 Å². The Bertz CT molecular complexity index is 465. The van der Waals surface area contributed by atoms with Crippen LogP contribution >= 0.6 is 15.9 Å². The van der Waals surface area contributed by atoms with Gasteiger partial charge in [0.1, 0.15) is 5.75 Å². The van der Waals surface area contributed by atoms with Crippen LogP contribution in [0.25, 0.3) is 0 Å². The minimum absolute atomic E-state index is 0.128. The lowest BCUT2D eigenvalue weighted by molar-refractivity contribution is -0.0968. The fourth-order valence-electron chi connectivity index (χ4n) is 2.70. The number of ether oxygens (including phenoxy) is 2. The van der Waals surface area contributed by atoms with Gasteiger partial charge in [-0.25, -0.2) is 0 Å². The third-order valence-electron chi connectivity index (χ3n) is 3.68. The number of benzene rings is 1. The van der Waals surface area contributed by atoms with E-state index >= 15 is 0 Å². The number of hydrogen-bond acceptors (Lipinski definition) is 4. The van der Waals surface area contributed by atoms with Gasteiger partial charge in [0.05, 0.1) is 19.3 Å². The number of hydrogen-bond donors (Lipinski definition) is 1. The summed E-state index contributed by atoms with van der Waals surface area (Å²) >= 11 is 3.63. The first-order chi connectivity index (χ1) is 9.46. The molecule has 0 aromatic heterocycles. The van der Waals surface area contributed by atoms with E-state index in [1.165, 1.54) is 5.56 Å². The molecule has 1 aromatic rings. The van der Waals surface area contributed by atoms with Crippen molar-refractivity contribution in [2.24, 2.45) is 5.73 Å². The molecule has 0 spiro atoms. The summed E-state index contributed by atoms with van der Waals surface area (Å²) < 4.78 is 12.2. The minimum atomic E-state index is -0.128. The van der Waals surface area contributed by atoms with Gasteiger partial charge in [0.15, 0.2) is 0 Å². The van der Waals surface area contributed by atoms with Crippen LogP contribution in [0.2, 0.25) is 0 Å². The Balaban J connectivity index is 2.27. The molecule has 1 aromatic carbocycles. The summed E-state index contributed by atoms with van der Waals surface area (Å²) in [7, 11) is 1.68. The average Bonchev–Trinajstić information content (AvgIpc) is 2.40. The van der Waals surface area contributed by atoms with E-state index in [2.05, 4.69) is 40.7 Å². The van der Waals surface area contributed by atoms with Gasteiger partial charge < -0.3 is 15.2 Å². The second-order valence-electron chi connectivity index (χ2n) is 5.72. The first kappa shape index (κ1) is 15.8. The van der Waals surface area contributed by atoms with Crippen molar-refractivity contribution < 1.29 is 9.47 Å². The predicted octanol–water partition coefficient (Wildman–Crippen LogP) is 2.57. The monoisotopic (exact) mass is 342 g/mol. The quantitative estimate of drug-likeness (QED) is 0.913. The molecular formula is C15H23BrN2O2. The average molecular weight is 343 g/mol. The number of nitrogens with two attached hydrogens (primary N) is 1. The van der Waals surface area contributed by atoms with Gasteiger partial charge in [0, 0.05) is 30.1 Å². The zero-order valence-electron chi connectivity index (χ0n) is 12.4. The van der Waals surface area contributed by atoms with Crippen molar-refractivity contribution in [2.75, 3.05) is 33.4 Å². The molecule has 0 bridgehead atoms. The highest BCUT2D eigenvalue weighted by Crippen LogP contribution is 2.33. The second kappa shape index (κ2) is 6.43. The van der Waals surface area contributed by atoms with Crippen LogP contribution in [0.4, 0.5) is 0 Å². The molecule has 0 amide bonds. The molecule has 1 heterocycles. The third kappa shape index (κ3) is 3.52. The zero-order chi connectivity index (χ0) is 14.8. The van der Waals surface area contributed by atoms with E-state index < -0.39 is 0 Å². The minimum Gasteiger partial charge on any atom is -0.497 e. The van der Waals surface area contributed by atoms with E-state index in [0.717, 1.165) is 29.9 Å². The van der Waals surface area contributed by atoms with Crippen LogP contribution in [-0.4, -0.2) is 43.9 Å². The van der Waals surface area contributed by atoms with Crippen LogP contribution in [0, 0.1) is 0 Å². The van der Waals surface area contributed by atoms with Crippen LogP contribution in [-0.2, 0) is 4.74 Å².